The lowest BCUT2D eigenvalue weighted by molar-refractivity contribution is -0.254. The van der Waals surface area contributed by atoms with E-state index in [0.717, 1.165) is 0 Å². The second kappa shape index (κ2) is 4.51. The molecule has 124 valence electrons. The summed E-state index contributed by atoms with van der Waals surface area (Å²) in [7, 11) is 0. The number of fused-ring (bicyclic) bond motifs is 1. The van der Waals surface area contributed by atoms with E-state index < -0.39 is 23.5 Å². The van der Waals surface area contributed by atoms with Crippen LogP contribution in [0.25, 0.3) is 0 Å². The predicted octanol–water partition coefficient (Wildman–Crippen LogP) is 1.61. The molecule has 0 N–H and O–H groups in total. The molecule has 3 unspecified atom stereocenters. The van der Waals surface area contributed by atoms with Gasteiger partial charge in [-0.15, -0.1) is 0 Å². The number of hydrogen-bond acceptors (Lipinski definition) is 6. The Morgan fingerprint density at radius 3 is 2.32 bits per heavy atom. The highest BCUT2D eigenvalue weighted by atomic mass is 16.9. The fraction of sp³-hybridized carbons (Fsp3) is 0.938. The first kappa shape index (κ1) is 15.0. The van der Waals surface area contributed by atoms with Crippen molar-refractivity contribution in [3.63, 3.8) is 0 Å². The zero-order valence-electron chi connectivity index (χ0n) is 13.6. The smallest absolute Gasteiger partial charge is 0.258 e. The van der Waals surface area contributed by atoms with Crippen molar-refractivity contribution in [2.24, 2.45) is 11.8 Å². The molecule has 0 radical (unpaired) electrons. The van der Waals surface area contributed by atoms with Gasteiger partial charge < -0.3 is 23.7 Å². The lowest BCUT2D eigenvalue weighted by Crippen LogP contribution is -2.58. The Balaban J connectivity index is 1.56. The molecule has 3 heterocycles. The quantitative estimate of drug-likeness (QED) is 0.772. The molecule has 0 bridgehead atoms. The van der Waals surface area contributed by atoms with Crippen molar-refractivity contribution in [1.29, 1.82) is 0 Å². The fourth-order valence-corrected chi connectivity index (χ4v) is 3.97. The van der Waals surface area contributed by atoms with Crippen LogP contribution in [-0.2, 0) is 28.5 Å². The lowest BCUT2D eigenvalue weighted by atomic mass is 9.99. The molecule has 1 saturated carbocycles. The molecule has 4 fully saturated rings. The summed E-state index contributed by atoms with van der Waals surface area (Å²) in [5.41, 5.74) is 0. The molecule has 3 aliphatic heterocycles. The zero-order valence-corrected chi connectivity index (χ0v) is 13.6. The van der Waals surface area contributed by atoms with Crippen LogP contribution in [0.15, 0.2) is 0 Å². The minimum absolute atomic E-state index is 0.137. The van der Waals surface area contributed by atoms with Crippen LogP contribution in [0.4, 0.5) is 0 Å². The molecule has 6 heteroatoms. The maximum Gasteiger partial charge on any atom is 0.258 e. The van der Waals surface area contributed by atoms with Gasteiger partial charge in [0.25, 0.3) is 5.79 Å². The van der Waals surface area contributed by atoms with Gasteiger partial charge in [-0.1, -0.05) is 27.7 Å². The third-order valence-corrected chi connectivity index (χ3v) is 5.96. The monoisotopic (exact) mass is 312 g/mol. The summed E-state index contributed by atoms with van der Waals surface area (Å²) in [6.07, 6.45) is 0.419. The Hall–Kier alpha value is -0.530. The highest BCUT2D eigenvalue weighted by Crippen LogP contribution is 2.60. The lowest BCUT2D eigenvalue weighted by Gasteiger charge is -2.34. The van der Waals surface area contributed by atoms with E-state index in [4.69, 9.17) is 23.7 Å². The van der Waals surface area contributed by atoms with E-state index in [0.29, 0.717) is 19.4 Å². The molecule has 3 saturated heterocycles. The Bertz CT molecular complexity index is 493. The summed E-state index contributed by atoms with van der Waals surface area (Å²) < 4.78 is 29.6. The Morgan fingerprint density at radius 1 is 1.09 bits per heavy atom. The topological polar surface area (TPSA) is 63.2 Å². The van der Waals surface area contributed by atoms with Crippen LogP contribution in [-0.4, -0.2) is 48.6 Å². The summed E-state index contributed by atoms with van der Waals surface area (Å²) in [5, 5.41) is 0. The average Bonchev–Trinajstić information content (AvgIpc) is 2.96. The van der Waals surface area contributed by atoms with E-state index in [1.165, 1.54) is 0 Å². The second-order valence-corrected chi connectivity index (χ2v) is 6.93. The van der Waals surface area contributed by atoms with E-state index in [2.05, 4.69) is 13.8 Å². The van der Waals surface area contributed by atoms with Gasteiger partial charge >= 0.3 is 0 Å². The van der Waals surface area contributed by atoms with Crippen molar-refractivity contribution in [3.8, 4) is 0 Å². The summed E-state index contributed by atoms with van der Waals surface area (Å²) in [4.78, 5) is 12.9. The van der Waals surface area contributed by atoms with Crippen LogP contribution in [0, 0.1) is 11.8 Å². The van der Waals surface area contributed by atoms with Crippen molar-refractivity contribution in [1.82, 2.24) is 0 Å². The van der Waals surface area contributed by atoms with Crippen molar-refractivity contribution in [3.05, 3.63) is 0 Å². The normalized spacial score (nSPS) is 52.5. The van der Waals surface area contributed by atoms with Gasteiger partial charge in [0.05, 0.1) is 6.61 Å². The van der Waals surface area contributed by atoms with E-state index >= 15 is 0 Å². The standard InChI is InChI=1S/C16H24O6/c1-5-14(6-2)20-11-7-18-15(13(17)12(11)21-14)8-19-16(22-15)9(3)10(16)4/h9-12H,5-8H2,1-4H3/t9?,10?,11-,12?,15+,16?/m1/s1. The first-order valence-corrected chi connectivity index (χ1v) is 8.30. The first-order chi connectivity index (χ1) is 10.4. The Morgan fingerprint density at radius 2 is 1.77 bits per heavy atom. The molecular weight excluding hydrogens is 288 g/mol. The van der Waals surface area contributed by atoms with Crippen molar-refractivity contribution < 1.29 is 28.5 Å². The number of ketones is 1. The average molecular weight is 312 g/mol. The Labute approximate surface area is 130 Å². The summed E-state index contributed by atoms with van der Waals surface area (Å²) in [5.74, 6) is -2.32. The van der Waals surface area contributed by atoms with Gasteiger partial charge in [-0.3, -0.25) is 4.79 Å². The highest BCUT2D eigenvalue weighted by molar-refractivity contribution is 5.92. The highest BCUT2D eigenvalue weighted by Gasteiger charge is 2.74. The molecule has 0 aromatic rings. The molecule has 0 aromatic heterocycles. The van der Waals surface area contributed by atoms with Gasteiger partial charge in [-0.2, -0.15) is 0 Å². The van der Waals surface area contributed by atoms with E-state index in [1.807, 2.05) is 13.8 Å². The number of carbonyl (C=O) groups excluding carboxylic acids is 1. The molecule has 22 heavy (non-hydrogen) atoms. The van der Waals surface area contributed by atoms with Crippen LogP contribution in [0.3, 0.4) is 0 Å². The zero-order chi connectivity index (χ0) is 15.8. The first-order valence-electron chi connectivity index (χ1n) is 8.30. The van der Waals surface area contributed by atoms with Crippen LogP contribution in [0.1, 0.15) is 40.5 Å². The molecule has 0 amide bonds. The number of hydrogen-bond donors (Lipinski definition) is 0. The SMILES string of the molecule is CCC1(CC)OC2C(=O)[C@@]3(COC4(O3)C(C)C4C)OC[C@H]2O1. The second-order valence-electron chi connectivity index (χ2n) is 6.93. The number of carbonyl (C=O) groups is 1. The van der Waals surface area contributed by atoms with Crippen molar-refractivity contribution >= 4 is 5.78 Å². The van der Waals surface area contributed by atoms with Crippen molar-refractivity contribution in [2.75, 3.05) is 13.2 Å². The minimum atomic E-state index is -1.32. The van der Waals surface area contributed by atoms with Crippen molar-refractivity contribution in [2.45, 2.75) is 70.1 Å². The third kappa shape index (κ3) is 1.70. The number of ether oxygens (including phenoxy) is 5. The molecule has 1 aliphatic carbocycles. The number of rotatable bonds is 2. The predicted molar refractivity (Wildman–Crippen MR) is 74.8 cm³/mol. The van der Waals surface area contributed by atoms with Gasteiger partial charge in [0.2, 0.25) is 5.78 Å². The maximum absolute atomic E-state index is 12.9. The van der Waals surface area contributed by atoms with Crippen LogP contribution in [0.2, 0.25) is 0 Å². The Kier molecular flexibility index (Phi) is 3.08. The van der Waals surface area contributed by atoms with Gasteiger partial charge in [-0.25, -0.2) is 0 Å². The van der Waals surface area contributed by atoms with Gasteiger partial charge in [0, 0.05) is 11.8 Å². The van der Waals surface area contributed by atoms with Gasteiger partial charge in [-0.05, 0) is 12.8 Å². The van der Waals surface area contributed by atoms with Crippen LogP contribution >= 0.6 is 0 Å². The van der Waals surface area contributed by atoms with Gasteiger partial charge in [0.15, 0.2) is 17.7 Å². The van der Waals surface area contributed by atoms with E-state index in [1.54, 1.807) is 0 Å². The molecule has 5 atom stereocenters. The molecular formula is C16H24O6. The van der Waals surface area contributed by atoms with E-state index in [-0.39, 0.29) is 30.3 Å². The third-order valence-electron chi connectivity index (χ3n) is 5.96. The van der Waals surface area contributed by atoms with Crippen LogP contribution < -0.4 is 0 Å². The molecule has 6 nitrogen and oxygen atoms in total. The van der Waals surface area contributed by atoms with E-state index in [9.17, 15) is 4.79 Å². The fourth-order valence-electron chi connectivity index (χ4n) is 3.97. The summed E-state index contributed by atoms with van der Waals surface area (Å²) >= 11 is 0. The maximum atomic E-state index is 12.9. The molecule has 2 spiro atoms. The molecule has 4 aliphatic rings. The van der Waals surface area contributed by atoms with Crippen LogP contribution in [0.5, 0.6) is 0 Å². The summed E-state index contributed by atoms with van der Waals surface area (Å²) in [6.45, 7) is 8.56. The molecule has 4 rings (SSSR count). The molecule has 0 aromatic carbocycles. The largest absolute Gasteiger partial charge is 0.343 e. The summed E-state index contributed by atoms with van der Waals surface area (Å²) in [6, 6.07) is 0. The minimum Gasteiger partial charge on any atom is -0.343 e. The van der Waals surface area contributed by atoms with Gasteiger partial charge in [0.1, 0.15) is 12.7 Å². The number of Topliss-reactive ketones (excluding diaryl/α,β-unsaturated/α-hetero) is 1.